The van der Waals surface area contributed by atoms with Crippen molar-refractivity contribution in [2.75, 3.05) is 0 Å². The summed E-state index contributed by atoms with van der Waals surface area (Å²) in [5, 5.41) is 0.608. The summed E-state index contributed by atoms with van der Waals surface area (Å²) in [7, 11) is 0. The summed E-state index contributed by atoms with van der Waals surface area (Å²) in [4.78, 5) is 9.54. The molecule has 3 heterocycles. The van der Waals surface area contributed by atoms with Crippen LogP contribution in [0.2, 0.25) is 5.02 Å². The Morgan fingerprint density at radius 1 is 1.27 bits per heavy atom. The van der Waals surface area contributed by atoms with Crippen LogP contribution in [0.25, 0.3) is 11.0 Å². The lowest BCUT2D eigenvalue weighted by molar-refractivity contribution is -0.0506. The van der Waals surface area contributed by atoms with Crippen molar-refractivity contribution in [2.45, 2.75) is 32.0 Å². The summed E-state index contributed by atoms with van der Waals surface area (Å²) in [5.41, 5.74) is 4.08. The zero-order valence-electron chi connectivity index (χ0n) is 13.8. The van der Waals surface area contributed by atoms with Gasteiger partial charge in [0.15, 0.2) is 0 Å². The molecule has 7 heteroatoms. The minimum atomic E-state index is -2.88. The highest BCUT2D eigenvalue weighted by atomic mass is 35.5. The molecular formula is C19H14ClF2N3O. The SMILES string of the molecule is CC1=N[C@@H]2C[C@H](c3c(OC(F)F)cccc31)n1c2nc2ccc(Cl)cc21. The molecule has 0 saturated carbocycles. The molecule has 0 N–H and O–H groups in total. The van der Waals surface area contributed by atoms with Crippen molar-refractivity contribution in [3.63, 3.8) is 0 Å². The number of hydrogen-bond acceptors (Lipinski definition) is 3. The monoisotopic (exact) mass is 373 g/mol. The average Bonchev–Trinajstić information content (AvgIpc) is 3.07. The Kier molecular flexibility index (Phi) is 3.34. The van der Waals surface area contributed by atoms with Crippen LogP contribution in [0.1, 0.15) is 42.4 Å². The minimum absolute atomic E-state index is 0.113. The molecule has 1 aromatic heterocycles. The fourth-order valence-corrected chi connectivity index (χ4v) is 4.30. The normalized spacial score (nSPS) is 20.7. The number of hydrogen-bond donors (Lipinski definition) is 0. The molecule has 2 aliphatic heterocycles. The van der Waals surface area contributed by atoms with Gasteiger partial charge in [0.2, 0.25) is 0 Å². The Morgan fingerprint density at radius 2 is 2.12 bits per heavy atom. The highest BCUT2D eigenvalue weighted by molar-refractivity contribution is 6.31. The van der Waals surface area contributed by atoms with Crippen LogP contribution in [0, 0.1) is 0 Å². The van der Waals surface area contributed by atoms with Crippen LogP contribution in [0.3, 0.4) is 0 Å². The van der Waals surface area contributed by atoms with Crippen LogP contribution in [-0.2, 0) is 0 Å². The molecule has 2 atom stereocenters. The lowest BCUT2D eigenvalue weighted by Crippen LogP contribution is -2.14. The first kappa shape index (κ1) is 15.8. The Morgan fingerprint density at radius 3 is 2.92 bits per heavy atom. The van der Waals surface area contributed by atoms with Crippen molar-refractivity contribution in [2.24, 2.45) is 4.99 Å². The Bertz CT molecular complexity index is 1080. The van der Waals surface area contributed by atoms with E-state index in [1.54, 1.807) is 18.2 Å². The summed E-state index contributed by atoms with van der Waals surface area (Å²) in [5.74, 6) is 1.03. The summed E-state index contributed by atoms with van der Waals surface area (Å²) in [6, 6.07) is 10.4. The van der Waals surface area contributed by atoms with E-state index in [9.17, 15) is 8.78 Å². The molecule has 0 aliphatic carbocycles. The number of fused-ring (bicyclic) bond motifs is 9. The first-order valence-corrected chi connectivity index (χ1v) is 8.70. The van der Waals surface area contributed by atoms with Gasteiger partial charge in [0.1, 0.15) is 17.6 Å². The number of ether oxygens (including phenoxy) is 1. The molecule has 4 nitrogen and oxygen atoms in total. The molecule has 26 heavy (non-hydrogen) atoms. The van der Waals surface area contributed by atoms with Crippen molar-refractivity contribution in [3.8, 4) is 5.75 Å². The van der Waals surface area contributed by atoms with Crippen molar-refractivity contribution in [1.29, 1.82) is 0 Å². The van der Waals surface area contributed by atoms with E-state index in [1.807, 2.05) is 25.1 Å². The molecule has 0 unspecified atom stereocenters. The zero-order valence-corrected chi connectivity index (χ0v) is 14.5. The van der Waals surface area contributed by atoms with Gasteiger partial charge in [-0.3, -0.25) is 4.99 Å². The van der Waals surface area contributed by atoms with Crippen LogP contribution in [0.15, 0.2) is 41.4 Å². The second-order valence-corrected chi connectivity index (χ2v) is 6.99. The van der Waals surface area contributed by atoms with Crippen LogP contribution >= 0.6 is 11.6 Å². The summed E-state index contributed by atoms with van der Waals surface area (Å²) < 4.78 is 32.9. The van der Waals surface area contributed by atoms with E-state index in [4.69, 9.17) is 26.3 Å². The van der Waals surface area contributed by atoms with E-state index in [1.165, 1.54) is 0 Å². The molecule has 0 saturated heterocycles. The number of aliphatic imine (C=N–C) groups is 1. The maximum atomic E-state index is 13.0. The van der Waals surface area contributed by atoms with Crippen molar-refractivity contribution in [3.05, 3.63) is 58.4 Å². The van der Waals surface area contributed by atoms with E-state index < -0.39 is 6.61 Å². The lowest BCUT2D eigenvalue weighted by atomic mass is 9.95. The van der Waals surface area contributed by atoms with Gasteiger partial charge >= 0.3 is 6.61 Å². The molecule has 0 spiro atoms. The quantitative estimate of drug-likeness (QED) is 0.623. The molecule has 5 rings (SSSR count). The van der Waals surface area contributed by atoms with Gasteiger partial charge in [0.25, 0.3) is 0 Å². The van der Waals surface area contributed by atoms with Gasteiger partial charge in [-0.1, -0.05) is 23.7 Å². The maximum absolute atomic E-state index is 13.0. The van der Waals surface area contributed by atoms with Gasteiger partial charge in [-0.25, -0.2) is 4.98 Å². The van der Waals surface area contributed by atoms with Gasteiger partial charge in [-0.2, -0.15) is 8.78 Å². The van der Waals surface area contributed by atoms with Gasteiger partial charge in [0.05, 0.1) is 17.1 Å². The number of alkyl halides is 2. The minimum Gasteiger partial charge on any atom is -0.434 e. The smallest absolute Gasteiger partial charge is 0.387 e. The van der Waals surface area contributed by atoms with E-state index in [0.29, 0.717) is 11.4 Å². The van der Waals surface area contributed by atoms with Crippen molar-refractivity contribution < 1.29 is 13.5 Å². The highest BCUT2D eigenvalue weighted by Crippen LogP contribution is 2.49. The summed E-state index contributed by atoms with van der Waals surface area (Å²) in [6.07, 6.45) is 0.665. The van der Waals surface area contributed by atoms with Crippen molar-refractivity contribution in [1.82, 2.24) is 9.55 Å². The fraction of sp³-hybridized carbons (Fsp3) is 0.263. The third-order valence-electron chi connectivity index (χ3n) is 5.09. The van der Waals surface area contributed by atoms with E-state index >= 15 is 0 Å². The number of aromatic nitrogens is 2. The first-order chi connectivity index (χ1) is 12.5. The summed E-state index contributed by atoms with van der Waals surface area (Å²) in [6.45, 7) is -0.983. The Labute approximate surface area is 153 Å². The molecule has 132 valence electrons. The topological polar surface area (TPSA) is 39.4 Å². The predicted octanol–water partition coefficient (Wildman–Crippen LogP) is 5.15. The molecule has 0 fully saturated rings. The molecular weight excluding hydrogens is 360 g/mol. The summed E-state index contributed by atoms with van der Waals surface area (Å²) >= 11 is 6.18. The van der Waals surface area contributed by atoms with Crippen molar-refractivity contribution >= 4 is 28.3 Å². The Hall–Kier alpha value is -2.47. The second kappa shape index (κ2) is 5.51. The van der Waals surface area contributed by atoms with E-state index in [2.05, 4.69) is 4.57 Å². The van der Waals surface area contributed by atoms with Gasteiger partial charge in [-0.15, -0.1) is 0 Å². The standard InChI is InChI=1S/C19H14ClF2N3O/c1-9-11-3-2-4-16(26-19(21)22)17(11)15-8-13(23-9)18-24-12-6-5-10(20)7-14(12)25(15)18/h2-7,13,15,19H,8H2,1H3/t13-,15-/m1/s1. The van der Waals surface area contributed by atoms with Crippen LogP contribution < -0.4 is 4.74 Å². The van der Waals surface area contributed by atoms with Crippen LogP contribution in [-0.4, -0.2) is 21.9 Å². The van der Waals surface area contributed by atoms with E-state index in [0.717, 1.165) is 33.7 Å². The van der Waals surface area contributed by atoms with Gasteiger partial charge < -0.3 is 9.30 Å². The number of rotatable bonds is 2. The predicted molar refractivity (Wildman–Crippen MR) is 95.5 cm³/mol. The first-order valence-electron chi connectivity index (χ1n) is 8.33. The molecule has 0 radical (unpaired) electrons. The van der Waals surface area contributed by atoms with Crippen LogP contribution in [0.5, 0.6) is 5.75 Å². The third-order valence-corrected chi connectivity index (χ3v) is 5.32. The fourth-order valence-electron chi connectivity index (χ4n) is 4.13. The number of halogens is 3. The number of nitrogens with zero attached hydrogens (tertiary/aromatic N) is 3. The van der Waals surface area contributed by atoms with Gasteiger partial charge in [0, 0.05) is 28.3 Å². The Balaban J connectivity index is 1.81. The molecule has 3 aromatic rings. The zero-order chi connectivity index (χ0) is 18.0. The maximum Gasteiger partial charge on any atom is 0.387 e. The van der Waals surface area contributed by atoms with Crippen LogP contribution in [0.4, 0.5) is 8.78 Å². The van der Waals surface area contributed by atoms with Gasteiger partial charge in [-0.05, 0) is 31.2 Å². The average molecular weight is 374 g/mol. The molecule has 2 aliphatic rings. The highest BCUT2D eigenvalue weighted by Gasteiger charge is 2.40. The van der Waals surface area contributed by atoms with E-state index in [-0.39, 0.29) is 17.8 Å². The second-order valence-electron chi connectivity index (χ2n) is 6.55. The number of imidazole rings is 1. The number of benzene rings is 2. The lowest BCUT2D eigenvalue weighted by Gasteiger charge is -2.21. The molecule has 0 amide bonds. The molecule has 2 aromatic carbocycles. The molecule has 2 bridgehead atoms. The third kappa shape index (κ3) is 2.18. The largest absolute Gasteiger partial charge is 0.434 e.